The average Bonchev–Trinajstić information content (AvgIpc) is 1.41. The predicted molar refractivity (Wildman–Crippen MR) is 25.5 cm³/mol. The maximum atomic E-state index is 3.43. The van der Waals surface area contributed by atoms with Crippen LogP contribution in [0.1, 0.15) is 0 Å². The fourth-order valence-electron chi connectivity index (χ4n) is 0.0481. The third-order valence-electron chi connectivity index (χ3n) is 0.186. The Morgan fingerprint density at radius 1 is 1.80 bits per heavy atom. The van der Waals surface area contributed by atoms with Gasteiger partial charge in [0.25, 0.3) is 0 Å². The van der Waals surface area contributed by atoms with Crippen molar-refractivity contribution < 1.29 is 0 Å². The molecule has 0 nitrogen and oxygen atoms in total. The number of hydrogen-bond donors (Lipinski definition) is 0. The zero-order valence-corrected chi connectivity index (χ0v) is 5.10. The number of allylic oxidation sites excluding steroid dienone is 2. The molecule has 0 amide bonds. The Morgan fingerprint density at radius 3 is 2.40 bits per heavy atom. The third-order valence-corrected chi connectivity index (χ3v) is 0.574. The maximum absolute atomic E-state index is 3.43. The molecule has 0 radical (unpaired) electrons. The molecule has 0 bridgehead atoms. The summed E-state index contributed by atoms with van der Waals surface area (Å²) in [4.78, 5) is 0. The third kappa shape index (κ3) is 4.18. The van der Waals surface area contributed by atoms with Crippen LogP contribution < -0.4 is 0 Å². The molecule has 0 saturated heterocycles. The predicted octanol–water partition coefficient (Wildman–Crippen LogP) is 0.298. The summed E-state index contributed by atoms with van der Waals surface area (Å²) in [6.45, 7) is 3.43. The van der Waals surface area contributed by atoms with Gasteiger partial charge < -0.3 is 0 Å². The summed E-state index contributed by atoms with van der Waals surface area (Å²) < 4.78 is 2.78. The van der Waals surface area contributed by atoms with Crippen LogP contribution in [0.3, 0.4) is 0 Å². The monoisotopic (exact) mass is 182 g/mol. The first-order chi connectivity index (χ1) is 2.41. The van der Waals surface area contributed by atoms with Crippen molar-refractivity contribution in [3.63, 3.8) is 0 Å². The van der Waals surface area contributed by atoms with Crippen LogP contribution in [0.5, 0.6) is 0 Å². The molecule has 0 atom stereocenters. The van der Waals surface area contributed by atoms with Crippen LogP contribution >= 0.6 is 0 Å². The molecular weight excluding hydrogens is 176 g/mol. The second-order valence-electron chi connectivity index (χ2n) is 0.520. The van der Waals surface area contributed by atoms with Crippen molar-refractivity contribution in [2.24, 2.45) is 0 Å². The summed E-state index contributed by atoms with van der Waals surface area (Å²) in [7, 11) is 0. The summed E-state index contributed by atoms with van der Waals surface area (Å²) in [5, 5.41) is 0. The molecule has 0 aliphatic rings. The zero-order chi connectivity index (χ0) is 4.12. The fraction of sp³-hybridized carbons (Fsp3) is 0. The molecule has 0 fully saturated rings. The van der Waals surface area contributed by atoms with Crippen molar-refractivity contribution in [2.75, 3.05) is 0 Å². The Bertz CT molecular complexity index is 67.7. The molecule has 0 N–H and O–H groups in total. The van der Waals surface area contributed by atoms with E-state index in [2.05, 4.69) is 10.3 Å². The van der Waals surface area contributed by atoms with E-state index in [0.29, 0.717) is 0 Å². The van der Waals surface area contributed by atoms with Gasteiger partial charge in [-0.05, 0) is 0 Å². The second kappa shape index (κ2) is 4.18. The molecular formula is C4H4Te. The van der Waals surface area contributed by atoms with E-state index < -0.39 is 0 Å². The minimum absolute atomic E-state index is 1.70. The van der Waals surface area contributed by atoms with Crippen LogP contribution in [-0.2, 0) is 0 Å². The van der Waals surface area contributed by atoms with Crippen LogP contribution in [0, 0.1) is 0 Å². The molecule has 0 unspecified atom stereocenters. The Balaban J connectivity index is 3.31. The Labute approximate surface area is 44.6 Å². The van der Waals surface area contributed by atoms with E-state index in [9.17, 15) is 0 Å². The second-order valence-corrected chi connectivity index (χ2v) is 1.19. The molecule has 0 spiro atoms. The summed E-state index contributed by atoms with van der Waals surface area (Å²) in [5.41, 5.74) is 0. The van der Waals surface area contributed by atoms with E-state index in [1.807, 2.05) is 0 Å². The van der Waals surface area contributed by atoms with Crippen molar-refractivity contribution in [3.8, 4) is 0 Å². The van der Waals surface area contributed by atoms with Gasteiger partial charge in [0.05, 0.1) is 0 Å². The van der Waals surface area contributed by atoms with E-state index in [1.54, 1.807) is 34.0 Å². The molecule has 0 aliphatic carbocycles. The van der Waals surface area contributed by atoms with Gasteiger partial charge in [0.2, 0.25) is 0 Å². The molecule has 26 valence electrons. The average molecular weight is 180 g/mol. The molecule has 0 aromatic carbocycles. The van der Waals surface area contributed by atoms with Crippen LogP contribution in [0.25, 0.3) is 0 Å². The van der Waals surface area contributed by atoms with E-state index >= 15 is 0 Å². The van der Waals surface area contributed by atoms with Gasteiger partial charge in [-0.2, -0.15) is 0 Å². The summed E-state index contributed by atoms with van der Waals surface area (Å²) in [6.07, 6.45) is 3.47. The molecule has 0 heterocycles. The zero-order valence-electron chi connectivity index (χ0n) is 2.77. The van der Waals surface area contributed by atoms with Crippen molar-refractivity contribution in [2.45, 2.75) is 0 Å². The summed E-state index contributed by atoms with van der Waals surface area (Å²) in [5.74, 6) is 0. The minimum atomic E-state index is 1.70. The van der Waals surface area contributed by atoms with Crippen LogP contribution in [0.2, 0.25) is 0 Å². The number of hydrogen-bond acceptors (Lipinski definition) is 0. The van der Waals surface area contributed by atoms with Crippen molar-refractivity contribution in [1.29, 1.82) is 0 Å². The van der Waals surface area contributed by atoms with E-state index in [-0.39, 0.29) is 0 Å². The van der Waals surface area contributed by atoms with Gasteiger partial charge >= 0.3 is 44.3 Å². The topological polar surface area (TPSA) is 0 Å². The molecule has 0 aliphatic heterocycles. The van der Waals surface area contributed by atoms with Gasteiger partial charge in [0, 0.05) is 0 Å². The van der Waals surface area contributed by atoms with Gasteiger partial charge in [-0.25, -0.2) is 0 Å². The summed E-state index contributed by atoms with van der Waals surface area (Å²) in [6, 6.07) is 0. The first-order valence-corrected chi connectivity index (χ1v) is 2.40. The number of rotatable bonds is 1. The fourth-order valence-corrected chi connectivity index (χ4v) is 0.323. The van der Waals surface area contributed by atoms with Crippen molar-refractivity contribution in [3.05, 3.63) is 18.7 Å². The first kappa shape index (κ1) is 5.18. The van der Waals surface area contributed by atoms with Crippen molar-refractivity contribution in [1.82, 2.24) is 0 Å². The van der Waals surface area contributed by atoms with E-state index in [4.69, 9.17) is 0 Å². The van der Waals surface area contributed by atoms with Crippen LogP contribution in [0.4, 0.5) is 0 Å². The molecule has 0 saturated carbocycles. The van der Waals surface area contributed by atoms with Gasteiger partial charge in [0.1, 0.15) is 0 Å². The standard InChI is InChI=1S/C4H4Te/c1-2-3-4-5/h2-3H,1H2. The molecule has 5 heavy (non-hydrogen) atoms. The van der Waals surface area contributed by atoms with Gasteiger partial charge in [-0.15, -0.1) is 0 Å². The normalized spacial score (nSPS) is 4.80. The molecule has 0 aromatic rings. The quantitative estimate of drug-likeness (QED) is 0.401. The van der Waals surface area contributed by atoms with E-state index in [1.165, 1.54) is 0 Å². The molecule has 0 rings (SSSR count). The van der Waals surface area contributed by atoms with Gasteiger partial charge in [-0.3, -0.25) is 0 Å². The Kier molecular flexibility index (Phi) is 4.33. The van der Waals surface area contributed by atoms with Crippen LogP contribution in [-0.4, -0.2) is 25.5 Å². The molecule has 0 aromatic heterocycles. The Hall–Kier alpha value is 0.180. The van der Waals surface area contributed by atoms with Gasteiger partial charge in [-0.1, -0.05) is 0 Å². The first-order valence-electron chi connectivity index (χ1n) is 1.23. The van der Waals surface area contributed by atoms with Crippen LogP contribution in [0.15, 0.2) is 18.7 Å². The summed E-state index contributed by atoms with van der Waals surface area (Å²) >= 11 is 1.78. The molecule has 1 heteroatoms. The SMILES string of the molecule is C=CC=C=[Te]. The van der Waals surface area contributed by atoms with E-state index in [0.717, 1.165) is 0 Å². The Morgan fingerprint density at radius 2 is 2.40 bits per heavy atom. The van der Waals surface area contributed by atoms with Crippen molar-refractivity contribution >= 4 is 25.5 Å². The van der Waals surface area contributed by atoms with Gasteiger partial charge in [0.15, 0.2) is 0 Å².